The lowest BCUT2D eigenvalue weighted by molar-refractivity contribution is 0.894. The first-order valence-electron chi connectivity index (χ1n) is 5.31. The smallest absolute Gasteiger partial charge is 0.145 e. The third-order valence-corrected chi connectivity index (χ3v) is 2.78. The van der Waals surface area contributed by atoms with E-state index in [-0.39, 0.29) is 0 Å². The summed E-state index contributed by atoms with van der Waals surface area (Å²) in [6.07, 6.45) is 7.49. The van der Waals surface area contributed by atoms with Crippen molar-refractivity contribution >= 4 is 5.82 Å². The molecule has 2 heterocycles. The summed E-state index contributed by atoms with van der Waals surface area (Å²) in [5, 5.41) is 0. The Bertz CT molecular complexity index is 460. The SMILES string of the molecule is c1ccn(Nc2ccc3c(n2)CCC3)c1. The van der Waals surface area contributed by atoms with Gasteiger partial charge in [-0.3, -0.25) is 10.1 Å². The highest BCUT2D eigenvalue weighted by molar-refractivity contribution is 5.40. The molecule has 76 valence electrons. The van der Waals surface area contributed by atoms with Crippen molar-refractivity contribution in [3.63, 3.8) is 0 Å². The molecule has 1 N–H and O–H groups in total. The van der Waals surface area contributed by atoms with E-state index in [0.29, 0.717) is 0 Å². The van der Waals surface area contributed by atoms with Crippen LogP contribution in [0, 0.1) is 0 Å². The highest BCUT2D eigenvalue weighted by Crippen LogP contribution is 2.21. The van der Waals surface area contributed by atoms with Gasteiger partial charge in [-0.25, -0.2) is 4.98 Å². The molecule has 0 atom stereocenters. The van der Waals surface area contributed by atoms with Crippen molar-refractivity contribution in [2.45, 2.75) is 19.3 Å². The topological polar surface area (TPSA) is 29.9 Å². The minimum Gasteiger partial charge on any atom is -0.278 e. The summed E-state index contributed by atoms with van der Waals surface area (Å²) in [5.74, 6) is 0.923. The van der Waals surface area contributed by atoms with Crippen LogP contribution < -0.4 is 5.43 Å². The molecule has 0 saturated heterocycles. The summed E-state index contributed by atoms with van der Waals surface area (Å²) in [6, 6.07) is 8.20. The monoisotopic (exact) mass is 199 g/mol. The molecule has 0 aromatic carbocycles. The van der Waals surface area contributed by atoms with Gasteiger partial charge < -0.3 is 0 Å². The number of aromatic nitrogens is 2. The van der Waals surface area contributed by atoms with E-state index >= 15 is 0 Å². The molecule has 0 spiro atoms. The molecule has 15 heavy (non-hydrogen) atoms. The Hall–Kier alpha value is -1.77. The maximum absolute atomic E-state index is 4.60. The van der Waals surface area contributed by atoms with Gasteiger partial charge in [-0.15, -0.1) is 0 Å². The minimum atomic E-state index is 0.923. The molecule has 0 saturated carbocycles. The maximum atomic E-state index is 4.60. The summed E-state index contributed by atoms with van der Waals surface area (Å²) in [6.45, 7) is 0. The molecule has 0 unspecified atom stereocenters. The fraction of sp³-hybridized carbons (Fsp3) is 0.250. The minimum absolute atomic E-state index is 0.923. The molecule has 2 aromatic rings. The van der Waals surface area contributed by atoms with Crippen LogP contribution in [0.2, 0.25) is 0 Å². The lowest BCUT2D eigenvalue weighted by Crippen LogP contribution is -2.08. The molecule has 3 heteroatoms. The third-order valence-electron chi connectivity index (χ3n) is 2.78. The van der Waals surface area contributed by atoms with Gasteiger partial charge in [0.2, 0.25) is 0 Å². The molecule has 0 radical (unpaired) electrons. The maximum Gasteiger partial charge on any atom is 0.145 e. The van der Waals surface area contributed by atoms with Crippen molar-refractivity contribution < 1.29 is 0 Å². The Morgan fingerprint density at radius 1 is 1.13 bits per heavy atom. The van der Waals surface area contributed by atoms with Gasteiger partial charge in [-0.05, 0) is 43.0 Å². The Labute approximate surface area is 88.7 Å². The van der Waals surface area contributed by atoms with E-state index in [1.54, 1.807) is 0 Å². The molecule has 1 aliphatic carbocycles. The van der Waals surface area contributed by atoms with Crippen LogP contribution >= 0.6 is 0 Å². The van der Waals surface area contributed by atoms with Gasteiger partial charge >= 0.3 is 0 Å². The highest BCUT2D eigenvalue weighted by atomic mass is 15.4. The molecular formula is C12H13N3. The summed E-state index contributed by atoms with van der Waals surface area (Å²) < 4.78 is 1.91. The van der Waals surface area contributed by atoms with Gasteiger partial charge in [0.25, 0.3) is 0 Å². The third kappa shape index (κ3) is 1.61. The van der Waals surface area contributed by atoms with Crippen LogP contribution in [-0.2, 0) is 12.8 Å². The summed E-state index contributed by atoms with van der Waals surface area (Å²) in [7, 11) is 0. The molecule has 3 rings (SSSR count). The van der Waals surface area contributed by atoms with E-state index in [2.05, 4.69) is 16.5 Å². The van der Waals surface area contributed by atoms with Crippen LogP contribution in [0.25, 0.3) is 0 Å². The van der Waals surface area contributed by atoms with E-state index in [1.807, 2.05) is 35.3 Å². The second kappa shape index (κ2) is 3.42. The number of rotatable bonds is 2. The van der Waals surface area contributed by atoms with E-state index in [1.165, 1.54) is 24.1 Å². The average molecular weight is 199 g/mol. The van der Waals surface area contributed by atoms with Crippen LogP contribution in [0.5, 0.6) is 0 Å². The Morgan fingerprint density at radius 3 is 2.87 bits per heavy atom. The lowest BCUT2D eigenvalue weighted by atomic mass is 10.2. The normalized spacial score (nSPS) is 13.9. The van der Waals surface area contributed by atoms with Crippen molar-refractivity contribution in [1.82, 2.24) is 9.66 Å². The van der Waals surface area contributed by atoms with Gasteiger partial charge in [0, 0.05) is 18.1 Å². The number of nitrogens with zero attached hydrogens (tertiary/aromatic N) is 2. The van der Waals surface area contributed by atoms with Gasteiger partial charge in [-0.1, -0.05) is 6.07 Å². The number of hydrogen-bond donors (Lipinski definition) is 1. The first-order valence-corrected chi connectivity index (χ1v) is 5.31. The van der Waals surface area contributed by atoms with Crippen LogP contribution in [0.15, 0.2) is 36.7 Å². The summed E-state index contributed by atoms with van der Waals surface area (Å²) >= 11 is 0. The van der Waals surface area contributed by atoms with Crippen molar-refractivity contribution in [3.8, 4) is 0 Å². The Balaban J connectivity index is 1.87. The Kier molecular flexibility index (Phi) is 1.95. The highest BCUT2D eigenvalue weighted by Gasteiger charge is 2.12. The largest absolute Gasteiger partial charge is 0.278 e. The number of fused-ring (bicyclic) bond motifs is 1. The molecule has 2 aromatic heterocycles. The van der Waals surface area contributed by atoms with Crippen LogP contribution in [0.4, 0.5) is 5.82 Å². The lowest BCUT2D eigenvalue weighted by Gasteiger charge is -2.07. The van der Waals surface area contributed by atoms with Crippen molar-refractivity contribution in [3.05, 3.63) is 47.9 Å². The van der Waals surface area contributed by atoms with Crippen LogP contribution in [0.3, 0.4) is 0 Å². The molecule has 0 amide bonds. The Morgan fingerprint density at radius 2 is 2.00 bits per heavy atom. The number of pyridine rings is 1. The van der Waals surface area contributed by atoms with Gasteiger partial charge in [0.1, 0.15) is 5.82 Å². The number of hydrogen-bond acceptors (Lipinski definition) is 2. The zero-order valence-electron chi connectivity index (χ0n) is 8.48. The van der Waals surface area contributed by atoms with Gasteiger partial charge in [0.05, 0.1) is 0 Å². The predicted octanol–water partition coefficient (Wildman–Crippen LogP) is 2.25. The van der Waals surface area contributed by atoms with E-state index in [4.69, 9.17) is 0 Å². The average Bonchev–Trinajstić information content (AvgIpc) is 2.87. The van der Waals surface area contributed by atoms with Gasteiger partial charge in [-0.2, -0.15) is 0 Å². The zero-order valence-corrected chi connectivity index (χ0v) is 8.48. The molecular weight excluding hydrogens is 186 g/mol. The van der Waals surface area contributed by atoms with E-state index in [9.17, 15) is 0 Å². The van der Waals surface area contributed by atoms with Crippen LogP contribution in [0.1, 0.15) is 17.7 Å². The van der Waals surface area contributed by atoms with E-state index in [0.717, 1.165) is 12.2 Å². The van der Waals surface area contributed by atoms with Crippen molar-refractivity contribution in [2.75, 3.05) is 5.43 Å². The predicted molar refractivity (Wildman–Crippen MR) is 59.7 cm³/mol. The summed E-state index contributed by atoms with van der Waals surface area (Å²) in [4.78, 5) is 4.60. The standard InChI is InChI=1S/C12H13N3/c1-2-9-15(8-1)14-12-7-6-10-4-3-5-11(10)13-12/h1-2,6-9H,3-5H2,(H,13,14). The fourth-order valence-electron chi connectivity index (χ4n) is 2.02. The second-order valence-electron chi connectivity index (χ2n) is 3.86. The van der Waals surface area contributed by atoms with Gasteiger partial charge in [0.15, 0.2) is 0 Å². The number of aryl methyl sites for hydroxylation is 2. The molecule has 3 nitrogen and oxygen atoms in total. The first kappa shape index (κ1) is 8.53. The first-order chi connectivity index (χ1) is 7.42. The number of anilines is 1. The quantitative estimate of drug-likeness (QED) is 0.804. The molecule has 1 aliphatic rings. The van der Waals surface area contributed by atoms with E-state index < -0.39 is 0 Å². The molecule has 0 bridgehead atoms. The van der Waals surface area contributed by atoms with Crippen molar-refractivity contribution in [1.29, 1.82) is 0 Å². The van der Waals surface area contributed by atoms with Crippen molar-refractivity contribution in [2.24, 2.45) is 0 Å². The molecule has 0 fully saturated rings. The zero-order chi connectivity index (χ0) is 10.1. The fourth-order valence-corrected chi connectivity index (χ4v) is 2.02. The second-order valence-corrected chi connectivity index (χ2v) is 3.86. The summed E-state index contributed by atoms with van der Waals surface area (Å²) in [5.41, 5.74) is 5.89. The number of nitrogens with one attached hydrogen (secondary N) is 1. The molecule has 0 aliphatic heterocycles. The van der Waals surface area contributed by atoms with Crippen LogP contribution in [-0.4, -0.2) is 9.66 Å².